The number of nitrogens with two attached hydrogens (primary N) is 1. The molecule has 8 nitrogen and oxygen atoms in total. The third kappa shape index (κ3) is 3.26. The third-order valence-corrected chi connectivity index (χ3v) is 9.47. The highest BCUT2D eigenvalue weighted by molar-refractivity contribution is 7.93. The number of hydrogen-bond acceptors (Lipinski definition) is 6. The van der Waals surface area contributed by atoms with Crippen molar-refractivity contribution in [1.82, 2.24) is 9.97 Å². The highest BCUT2D eigenvalue weighted by atomic mass is 32.2. The van der Waals surface area contributed by atoms with Crippen molar-refractivity contribution in [3.8, 4) is 0 Å². The largest absolute Gasteiger partial charge is 0.383 e. The second kappa shape index (κ2) is 6.56. The first kappa shape index (κ1) is 20.0. The van der Waals surface area contributed by atoms with Gasteiger partial charge in [0.2, 0.25) is 0 Å². The molecule has 3 aliphatic rings. The minimum atomic E-state index is -3.47. The van der Waals surface area contributed by atoms with Gasteiger partial charge in [0, 0.05) is 11.1 Å². The van der Waals surface area contributed by atoms with Gasteiger partial charge < -0.3 is 10.4 Å². The number of anilines is 1. The van der Waals surface area contributed by atoms with Gasteiger partial charge in [-0.2, -0.15) is 0 Å². The molecular weight excluding hydrogens is 422 g/mol. The molecule has 2 heterocycles. The second-order valence-corrected chi connectivity index (χ2v) is 12.1. The Bertz CT molecular complexity index is 1180. The van der Waals surface area contributed by atoms with Gasteiger partial charge in [-0.05, 0) is 69.9 Å². The van der Waals surface area contributed by atoms with Crippen LogP contribution in [0.5, 0.6) is 0 Å². The first-order valence-electron chi connectivity index (χ1n) is 10.2. The monoisotopic (exact) mass is 447 g/mol. The maximum Gasteiger partial charge on any atom is 0.354 e. The number of nitrogens with zero attached hydrogens (tertiary/aromatic N) is 3. The van der Waals surface area contributed by atoms with Gasteiger partial charge in [-0.3, -0.25) is 4.98 Å². The Hall–Kier alpha value is -1.88. The SMILES string of the molecule is CC(C)(O)c1ncc([S@@](N)(=O)=NC(=O)Nc2c3c(nc4c2CCC42CC2)CCC3)s1. The van der Waals surface area contributed by atoms with Crippen LogP contribution in [0.25, 0.3) is 0 Å². The van der Waals surface area contributed by atoms with Crippen molar-refractivity contribution >= 4 is 33.0 Å². The van der Waals surface area contributed by atoms with Crippen LogP contribution in [0.3, 0.4) is 0 Å². The van der Waals surface area contributed by atoms with E-state index < -0.39 is 21.5 Å². The number of aliphatic hydroxyl groups is 1. The summed E-state index contributed by atoms with van der Waals surface area (Å²) in [5, 5.41) is 19.2. The number of nitrogens with one attached hydrogen (secondary N) is 1. The molecular formula is C20H25N5O3S2. The summed E-state index contributed by atoms with van der Waals surface area (Å²) in [6.07, 6.45) is 8.43. The molecule has 2 amide bonds. The number of rotatable bonds is 3. The minimum Gasteiger partial charge on any atom is -0.383 e. The average molecular weight is 448 g/mol. The Balaban J connectivity index is 1.48. The fourth-order valence-electron chi connectivity index (χ4n) is 4.55. The van der Waals surface area contributed by atoms with E-state index in [2.05, 4.69) is 14.7 Å². The van der Waals surface area contributed by atoms with E-state index >= 15 is 0 Å². The van der Waals surface area contributed by atoms with Crippen LogP contribution in [-0.4, -0.2) is 25.3 Å². The van der Waals surface area contributed by atoms with Crippen molar-refractivity contribution in [3.63, 3.8) is 0 Å². The summed E-state index contributed by atoms with van der Waals surface area (Å²) < 4.78 is 16.9. The van der Waals surface area contributed by atoms with E-state index in [-0.39, 0.29) is 9.62 Å². The second-order valence-electron chi connectivity index (χ2n) is 9.01. The molecule has 10 heteroatoms. The molecule has 2 aromatic rings. The summed E-state index contributed by atoms with van der Waals surface area (Å²) in [4.78, 5) is 21.8. The van der Waals surface area contributed by atoms with Crippen molar-refractivity contribution in [2.75, 3.05) is 5.32 Å². The summed E-state index contributed by atoms with van der Waals surface area (Å²) in [6.45, 7) is 3.16. The molecule has 3 aliphatic carbocycles. The molecule has 0 bridgehead atoms. The predicted molar refractivity (Wildman–Crippen MR) is 115 cm³/mol. The number of aromatic nitrogens is 2. The van der Waals surface area contributed by atoms with Gasteiger partial charge in [-0.25, -0.2) is 19.1 Å². The Morgan fingerprint density at radius 2 is 2.07 bits per heavy atom. The van der Waals surface area contributed by atoms with Crippen LogP contribution in [0.15, 0.2) is 14.8 Å². The highest BCUT2D eigenvalue weighted by Gasteiger charge is 2.51. The zero-order valence-electron chi connectivity index (χ0n) is 17.0. The number of carbonyl (C=O) groups is 1. The normalized spacial score (nSPS) is 20.5. The van der Waals surface area contributed by atoms with Crippen molar-refractivity contribution in [2.45, 2.75) is 74.0 Å². The minimum absolute atomic E-state index is 0.164. The maximum atomic E-state index is 12.9. The van der Waals surface area contributed by atoms with Gasteiger partial charge in [0.1, 0.15) is 14.8 Å². The van der Waals surface area contributed by atoms with E-state index in [0.29, 0.717) is 5.01 Å². The number of hydrogen-bond donors (Lipinski definition) is 3. The van der Waals surface area contributed by atoms with Gasteiger partial charge in [0.05, 0.1) is 17.6 Å². The van der Waals surface area contributed by atoms with Gasteiger partial charge in [0.25, 0.3) is 0 Å². The summed E-state index contributed by atoms with van der Waals surface area (Å²) in [5.41, 5.74) is 4.25. The number of amides is 2. The smallest absolute Gasteiger partial charge is 0.354 e. The lowest BCUT2D eigenvalue weighted by atomic mass is 10.0. The lowest BCUT2D eigenvalue weighted by molar-refractivity contribution is 0.0783. The fourth-order valence-corrected chi connectivity index (χ4v) is 6.62. The zero-order chi connectivity index (χ0) is 21.3. The molecule has 0 aromatic carbocycles. The van der Waals surface area contributed by atoms with E-state index in [1.165, 1.54) is 6.20 Å². The van der Waals surface area contributed by atoms with E-state index in [4.69, 9.17) is 10.1 Å². The summed E-state index contributed by atoms with van der Waals surface area (Å²) in [7, 11) is -3.47. The topological polar surface area (TPSA) is 131 Å². The highest BCUT2D eigenvalue weighted by Crippen LogP contribution is 2.58. The van der Waals surface area contributed by atoms with Gasteiger partial charge in [0.15, 0.2) is 9.92 Å². The molecule has 5 rings (SSSR count). The first-order valence-corrected chi connectivity index (χ1v) is 12.6. The van der Waals surface area contributed by atoms with E-state index in [1.54, 1.807) is 13.8 Å². The molecule has 0 radical (unpaired) electrons. The molecule has 1 saturated carbocycles. The van der Waals surface area contributed by atoms with Crippen LogP contribution in [0.4, 0.5) is 10.5 Å². The van der Waals surface area contributed by atoms with Crippen LogP contribution in [-0.2, 0) is 40.2 Å². The molecule has 0 unspecified atom stereocenters. The van der Waals surface area contributed by atoms with Crippen molar-refractivity contribution in [1.29, 1.82) is 0 Å². The summed E-state index contributed by atoms with van der Waals surface area (Å²) in [6, 6.07) is -0.722. The van der Waals surface area contributed by atoms with Gasteiger partial charge in [-0.1, -0.05) is 0 Å². The zero-order valence-corrected chi connectivity index (χ0v) is 18.7. The number of pyridine rings is 1. The Morgan fingerprint density at radius 3 is 2.73 bits per heavy atom. The lowest BCUT2D eigenvalue weighted by Crippen LogP contribution is -2.19. The number of carbonyl (C=O) groups excluding carboxylic acids is 1. The molecule has 2 aromatic heterocycles. The van der Waals surface area contributed by atoms with Gasteiger partial charge in [-0.15, -0.1) is 15.7 Å². The quantitative estimate of drug-likeness (QED) is 0.665. The fraction of sp³-hybridized carbons (Fsp3) is 0.550. The van der Waals surface area contributed by atoms with Crippen LogP contribution in [0.2, 0.25) is 0 Å². The number of urea groups is 1. The number of aryl methyl sites for hydroxylation is 1. The van der Waals surface area contributed by atoms with Crippen LogP contribution < -0.4 is 10.5 Å². The van der Waals surface area contributed by atoms with E-state index in [1.807, 2.05) is 0 Å². The van der Waals surface area contributed by atoms with Crippen molar-refractivity contribution in [2.24, 2.45) is 9.50 Å². The number of fused-ring (bicyclic) bond motifs is 3. The Labute approximate surface area is 179 Å². The Kier molecular flexibility index (Phi) is 4.38. The molecule has 30 heavy (non-hydrogen) atoms. The molecule has 1 fully saturated rings. The summed E-state index contributed by atoms with van der Waals surface area (Å²) in [5.74, 6) is 0. The molecule has 4 N–H and O–H groups in total. The van der Waals surface area contributed by atoms with Gasteiger partial charge >= 0.3 is 6.03 Å². The predicted octanol–water partition coefficient (Wildman–Crippen LogP) is 3.16. The van der Waals surface area contributed by atoms with Crippen LogP contribution >= 0.6 is 11.3 Å². The molecule has 1 atom stereocenters. The van der Waals surface area contributed by atoms with Crippen LogP contribution in [0, 0.1) is 0 Å². The first-order chi connectivity index (χ1) is 14.1. The Morgan fingerprint density at radius 1 is 1.30 bits per heavy atom. The van der Waals surface area contributed by atoms with E-state index in [9.17, 15) is 14.1 Å². The van der Waals surface area contributed by atoms with E-state index in [0.717, 1.165) is 84.5 Å². The molecule has 0 saturated heterocycles. The molecule has 160 valence electrons. The van der Waals surface area contributed by atoms with Crippen LogP contribution in [0.1, 0.15) is 67.1 Å². The van der Waals surface area contributed by atoms with Crippen molar-refractivity contribution < 1.29 is 14.1 Å². The molecule has 1 spiro atoms. The maximum absolute atomic E-state index is 12.9. The standard InChI is InChI=1S/C20H25N5O3S2/c1-19(2,27)17-22-10-14(29-17)30(21,28)25-18(26)24-15-11-4-3-5-13(11)23-16-12(15)6-7-20(16)8-9-20/h10,27H,3-9H2,1-2H3,(H3,21,23,24,25,26,28)/t30-/m0/s1. The average Bonchev–Trinajstić information content (AvgIpc) is 3.05. The van der Waals surface area contributed by atoms with Crippen molar-refractivity contribution in [3.05, 3.63) is 33.7 Å². The summed E-state index contributed by atoms with van der Waals surface area (Å²) >= 11 is 0.998. The number of thiazole rings is 1. The lowest BCUT2D eigenvalue weighted by Gasteiger charge is -2.16. The molecule has 0 aliphatic heterocycles. The third-order valence-electron chi connectivity index (χ3n) is 6.28.